The van der Waals surface area contributed by atoms with Crippen LogP contribution in [0, 0.1) is 10.1 Å². The lowest BCUT2D eigenvalue weighted by Crippen LogP contribution is -2.36. The largest absolute Gasteiger partial charge is 0.353 e. The molecule has 1 amide bonds. The van der Waals surface area contributed by atoms with Crippen molar-refractivity contribution in [2.24, 2.45) is 0 Å². The SMILES string of the molecule is O=C1CSC(c2cccc([N+](=O)[O-])c2)N1c1ccc(S(=O)(=O)Nn2c(Cc3ccccc3Nc3c(Cl)cccc3Cl)nc3cc(Cl)ccc3c2=O)cc1. The quantitative estimate of drug-likeness (QED) is 0.103. The number of benzene rings is 5. The number of anilines is 3. The fourth-order valence-corrected chi connectivity index (χ4v) is 8.69. The molecule has 1 unspecified atom stereocenters. The second kappa shape index (κ2) is 14.7. The number of nitrogens with one attached hydrogen (secondary N) is 2. The maximum atomic E-state index is 13.9. The van der Waals surface area contributed by atoms with Crippen molar-refractivity contribution in [3.8, 4) is 0 Å². The van der Waals surface area contributed by atoms with Gasteiger partial charge in [-0.1, -0.05) is 71.2 Å². The number of halogens is 3. The van der Waals surface area contributed by atoms with Crippen molar-refractivity contribution in [1.82, 2.24) is 9.66 Å². The van der Waals surface area contributed by atoms with Gasteiger partial charge in [0.2, 0.25) is 5.91 Å². The lowest BCUT2D eigenvalue weighted by molar-refractivity contribution is -0.384. The van der Waals surface area contributed by atoms with Crippen LogP contribution < -0.4 is 20.6 Å². The molecule has 1 aliphatic heterocycles. The maximum Gasteiger partial charge on any atom is 0.280 e. The van der Waals surface area contributed by atoms with Gasteiger partial charge >= 0.3 is 0 Å². The zero-order chi connectivity index (χ0) is 37.4. The molecule has 2 heterocycles. The summed E-state index contributed by atoms with van der Waals surface area (Å²) in [7, 11) is -4.42. The Kier molecular flexibility index (Phi) is 10.1. The average Bonchev–Trinajstić information content (AvgIpc) is 3.53. The lowest BCUT2D eigenvalue weighted by atomic mass is 10.1. The minimum absolute atomic E-state index is 0.0157. The van der Waals surface area contributed by atoms with E-state index in [1.54, 1.807) is 54.6 Å². The van der Waals surface area contributed by atoms with E-state index in [0.29, 0.717) is 43.3 Å². The molecule has 1 fully saturated rings. The van der Waals surface area contributed by atoms with Gasteiger partial charge < -0.3 is 5.32 Å². The number of sulfonamides is 1. The minimum atomic E-state index is -4.42. The van der Waals surface area contributed by atoms with E-state index in [9.17, 15) is 28.1 Å². The van der Waals surface area contributed by atoms with Crippen LogP contribution in [0.3, 0.4) is 0 Å². The second-order valence-corrected chi connectivity index (χ2v) is 15.7. The van der Waals surface area contributed by atoms with E-state index < -0.39 is 25.9 Å². The summed E-state index contributed by atoms with van der Waals surface area (Å²) in [5.41, 5.74) is 2.11. The van der Waals surface area contributed by atoms with Gasteiger partial charge in [-0.05, 0) is 71.8 Å². The summed E-state index contributed by atoms with van der Waals surface area (Å²) in [6.07, 6.45) is -0.0157. The Bertz CT molecular complexity index is 2590. The standard InChI is InChI=1S/C36H25Cl3N6O6S2/c37-23-11-16-27-31(19-23)40-32(18-21-5-1-2-10-30(21)41-34-28(38)8-4-9-29(34)39)44(35(27)47)42-53(50,51)26-14-12-24(13-15-26)43-33(46)20-52-36(43)22-6-3-7-25(17-22)45(48)49/h1-17,19,36,41-42H,18,20H2. The highest BCUT2D eigenvalue weighted by atomic mass is 35.5. The predicted octanol–water partition coefficient (Wildman–Crippen LogP) is 8.31. The molecule has 53 heavy (non-hydrogen) atoms. The number of fused-ring (bicyclic) bond motifs is 1. The van der Waals surface area contributed by atoms with Gasteiger partial charge in [0.1, 0.15) is 11.2 Å². The third-order valence-corrected chi connectivity index (χ3v) is 11.8. The molecule has 1 atom stereocenters. The molecule has 1 saturated heterocycles. The van der Waals surface area contributed by atoms with Crippen LogP contribution in [0.15, 0.2) is 119 Å². The summed E-state index contributed by atoms with van der Waals surface area (Å²) in [6, 6.07) is 28.3. The fraction of sp³-hybridized carbons (Fsp3) is 0.0833. The third-order valence-electron chi connectivity index (χ3n) is 8.36. The third kappa shape index (κ3) is 7.41. The highest BCUT2D eigenvalue weighted by Gasteiger charge is 2.35. The molecule has 0 spiro atoms. The molecule has 268 valence electrons. The van der Waals surface area contributed by atoms with E-state index in [2.05, 4.69) is 15.1 Å². The Morgan fingerprint density at radius 1 is 0.887 bits per heavy atom. The minimum Gasteiger partial charge on any atom is -0.353 e. The van der Waals surface area contributed by atoms with Crippen molar-refractivity contribution in [2.75, 3.05) is 20.8 Å². The first-order valence-corrected chi connectivity index (χ1v) is 19.4. The van der Waals surface area contributed by atoms with Gasteiger partial charge in [0.05, 0.1) is 42.2 Å². The molecule has 5 aromatic carbocycles. The van der Waals surface area contributed by atoms with Crippen LogP contribution in [-0.2, 0) is 21.2 Å². The molecule has 2 N–H and O–H groups in total. The first-order chi connectivity index (χ1) is 25.4. The number of nitro groups is 1. The molecule has 0 bridgehead atoms. The average molecular weight is 808 g/mol. The predicted molar refractivity (Wildman–Crippen MR) is 209 cm³/mol. The molecule has 1 aromatic heterocycles. The van der Waals surface area contributed by atoms with Crippen molar-refractivity contribution in [3.05, 3.63) is 162 Å². The molecule has 0 saturated carbocycles. The maximum absolute atomic E-state index is 13.9. The van der Waals surface area contributed by atoms with Gasteiger partial charge in [0.15, 0.2) is 0 Å². The number of rotatable bonds is 10. The number of nitro benzene ring substituents is 1. The molecule has 1 aliphatic rings. The molecule has 17 heteroatoms. The number of thioether (sulfide) groups is 1. The smallest absolute Gasteiger partial charge is 0.280 e. The summed E-state index contributed by atoms with van der Waals surface area (Å²) in [5, 5.41) is 15.3. The van der Waals surface area contributed by atoms with Crippen molar-refractivity contribution in [3.63, 3.8) is 0 Å². The van der Waals surface area contributed by atoms with Gasteiger partial charge in [0.25, 0.3) is 21.3 Å². The number of aromatic nitrogens is 2. The van der Waals surface area contributed by atoms with Gasteiger partial charge in [-0.2, -0.15) is 13.1 Å². The number of carbonyl (C=O) groups is 1. The summed E-state index contributed by atoms with van der Waals surface area (Å²) >= 11 is 20.4. The zero-order valence-corrected chi connectivity index (χ0v) is 31.0. The first-order valence-electron chi connectivity index (χ1n) is 15.7. The van der Waals surface area contributed by atoms with Crippen molar-refractivity contribution < 1.29 is 18.1 Å². The summed E-state index contributed by atoms with van der Waals surface area (Å²) in [5.74, 6) is -0.0560. The number of amides is 1. The van der Waals surface area contributed by atoms with Crippen LogP contribution in [0.5, 0.6) is 0 Å². The van der Waals surface area contributed by atoms with Crippen molar-refractivity contribution in [2.45, 2.75) is 16.7 Å². The summed E-state index contributed by atoms with van der Waals surface area (Å²) in [6.45, 7) is 0. The Morgan fingerprint density at radius 2 is 1.60 bits per heavy atom. The molecule has 6 aromatic rings. The normalized spacial score (nSPS) is 14.4. The van der Waals surface area contributed by atoms with Gasteiger partial charge in [-0.15, -0.1) is 11.8 Å². The second-order valence-electron chi connectivity index (χ2n) is 11.8. The molecule has 7 rings (SSSR count). The Hall–Kier alpha value is -5.12. The van der Waals surface area contributed by atoms with E-state index in [1.165, 1.54) is 71.3 Å². The highest BCUT2D eigenvalue weighted by Crippen LogP contribution is 2.42. The number of carbonyl (C=O) groups excluding carboxylic acids is 1. The number of hydrogen-bond donors (Lipinski definition) is 2. The molecule has 0 aliphatic carbocycles. The van der Waals surface area contributed by atoms with Gasteiger partial charge in [-0.3, -0.25) is 24.6 Å². The zero-order valence-electron chi connectivity index (χ0n) is 27.1. The first kappa shape index (κ1) is 36.2. The molecule has 0 radical (unpaired) electrons. The Labute approximate surface area is 321 Å². The number of non-ortho nitro benzene ring substituents is 1. The number of para-hydroxylation sites is 2. The van der Waals surface area contributed by atoms with Crippen LogP contribution in [0.2, 0.25) is 15.1 Å². The van der Waals surface area contributed by atoms with E-state index in [0.717, 1.165) is 4.68 Å². The highest BCUT2D eigenvalue weighted by molar-refractivity contribution is 8.00. The number of nitrogens with zero attached hydrogens (tertiary/aromatic N) is 4. The fourth-order valence-electron chi connectivity index (χ4n) is 5.84. The van der Waals surface area contributed by atoms with Crippen molar-refractivity contribution in [1.29, 1.82) is 0 Å². The van der Waals surface area contributed by atoms with Crippen LogP contribution in [0.1, 0.15) is 22.3 Å². The lowest BCUT2D eigenvalue weighted by Gasteiger charge is -2.24. The molecule has 12 nitrogen and oxygen atoms in total. The van der Waals surface area contributed by atoms with Crippen LogP contribution in [0.4, 0.5) is 22.7 Å². The summed E-state index contributed by atoms with van der Waals surface area (Å²) < 4.78 is 28.7. The van der Waals surface area contributed by atoms with Gasteiger partial charge in [0, 0.05) is 35.0 Å². The van der Waals surface area contributed by atoms with Crippen molar-refractivity contribution >= 4 is 96.1 Å². The van der Waals surface area contributed by atoms with E-state index in [1.807, 2.05) is 0 Å². The van der Waals surface area contributed by atoms with E-state index in [-0.39, 0.29) is 45.4 Å². The van der Waals surface area contributed by atoms with E-state index in [4.69, 9.17) is 34.8 Å². The molecular formula is C36H25Cl3N6O6S2. The van der Waals surface area contributed by atoms with Crippen LogP contribution in [-0.4, -0.2) is 34.7 Å². The van der Waals surface area contributed by atoms with Crippen LogP contribution >= 0.6 is 46.6 Å². The molecular weight excluding hydrogens is 783 g/mol. The van der Waals surface area contributed by atoms with Gasteiger partial charge in [-0.25, -0.2) is 9.82 Å². The Morgan fingerprint density at radius 3 is 2.34 bits per heavy atom. The van der Waals surface area contributed by atoms with Crippen LogP contribution in [0.25, 0.3) is 10.9 Å². The summed E-state index contributed by atoms with van der Waals surface area (Å²) in [4.78, 5) is 46.1. The Balaban J connectivity index is 1.23. The van der Waals surface area contributed by atoms with E-state index >= 15 is 0 Å². The topological polar surface area (TPSA) is 157 Å². The monoisotopic (exact) mass is 806 g/mol. The number of hydrogen-bond acceptors (Lipinski definition) is 9.